The number of nitrogens with zero attached hydrogens (tertiary/aromatic N) is 1. The van der Waals surface area contributed by atoms with Gasteiger partial charge in [-0.3, -0.25) is 5.43 Å². The van der Waals surface area contributed by atoms with Crippen molar-refractivity contribution in [2.75, 3.05) is 12.5 Å². The second-order valence-electron chi connectivity index (χ2n) is 4.40. The third kappa shape index (κ3) is 4.87. The van der Waals surface area contributed by atoms with Crippen molar-refractivity contribution >= 4 is 46.7 Å². The second-order valence-corrected chi connectivity index (χ2v) is 5.65. The Morgan fingerprint density at radius 2 is 1.75 bits per heavy atom. The number of halogens is 5. The van der Waals surface area contributed by atoms with Crippen molar-refractivity contribution in [3.63, 3.8) is 0 Å². The van der Waals surface area contributed by atoms with Gasteiger partial charge in [0.15, 0.2) is 11.5 Å². The summed E-state index contributed by atoms with van der Waals surface area (Å²) >= 11 is 17.9. The Bertz CT molecular complexity index is 734. The van der Waals surface area contributed by atoms with E-state index < -0.39 is 6.61 Å². The molecule has 2 aromatic rings. The van der Waals surface area contributed by atoms with Gasteiger partial charge in [0.2, 0.25) is 0 Å². The first-order valence-electron chi connectivity index (χ1n) is 6.47. The molecule has 1 N–H and O–H groups in total. The van der Waals surface area contributed by atoms with E-state index >= 15 is 0 Å². The number of methoxy groups -OCH3 is 1. The topological polar surface area (TPSA) is 42.8 Å². The smallest absolute Gasteiger partial charge is 0.387 e. The normalized spacial score (nSPS) is 11.1. The van der Waals surface area contributed by atoms with Crippen LogP contribution in [0.5, 0.6) is 11.5 Å². The van der Waals surface area contributed by atoms with Gasteiger partial charge in [-0.1, -0.05) is 34.8 Å². The van der Waals surface area contributed by atoms with E-state index in [0.29, 0.717) is 26.3 Å². The van der Waals surface area contributed by atoms with Gasteiger partial charge in [-0.25, -0.2) is 0 Å². The maximum Gasteiger partial charge on any atom is 0.387 e. The highest BCUT2D eigenvalue weighted by Crippen LogP contribution is 2.33. The van der Waals surface area contributed by atoms with E-state index in [2.05, 4.69) is 15.3 Å². The van der Waals surface area contributed by atoms with E-state index in [1.165, 1.54) is 43.7 Å². The molecular weight excluding hydrogens is 385 g/mol. The summed E-state index contributed by atoms with van der Waals surface area (Å²) in [7, 11) is 1.35. The molecule has 0 radical (unpaired) electrons. The first kappa shape index (κ1) is 18.6. The standard InChI is InChI=1S/C15H11Cl3F2N2O2/c1-23-13-4-8(2-3-12(13)24-15(19)20)7-21-22-14-10(17)5-9(16)6-11(14)18/h2-7,15,22H,1H3. The van der Waals surface area contributed by atoms with Crippen molar-refractivity contribution in [1.29, 1.82) is 0 Å². The van der Waals surface area contributed by atoms with Gasteiger partial charge in [-0.15, -0.1) is 0 Å². The third-order valence-electron chi connectivity index (χ3n) is 2.80. The molecular formula is C15H11Cl3F2N2O2. The zero-order valence-electron chi connectivity index (χ0n) is 12.2. The molecule has 0 fully saturated rings. The lowest BCUT2D eigenvalue weighted by Gasteiger charge is -2.10. The predicted molar refractivity (Wildman–Crippen MR) is 92.3 cm³/mol. The molecule has 0 heterocycles. The molecule has 0 spiro atoms. The molecule has 128 valence electrons. The summed E-state index contributed by atoms with van der Waals surface area (Å²) in [5, 5.41) is 5.02. The van der Waals surface area contributed by atoms with Crippen molar-refractivity contribution in [1.82, 2.24) is 0 Å². The summed E-state index contributed by atoms with van der Waals surface area (Å²) in [6.45, 7) is -2.94. The van der Waals surface area contributed by atoms with Crippen LogP contribution in [-0.4, -0.2) is 19.9 Å². The van der Waals surface area contributed by atoms with Crippen LogP contribution in [0.4, 0.5) is 14.5 Å². The van der Waals surface area contributed by atoms with Gasteiger partial charge in [-0.2, -0.15) is 13.9 Å². The second kappa shape index (κ2) is 8.37. The zero-order valence-corrected chi connectivity index (χ0v) is 14.5. The van der Waals surface area contributed by atoms with Gasteiger partial charge < -0.3 is 9.47 Å². The zero-order chi connectivity index (χ0) is 17.7. The molecule has 0 bridgehead atoms. The highest BCUT2D eigenvalue weighted by molar-refractivity contribution is 6.41. The van der Waals surface area contributed by atoms with Crippen LogP contribution in [-0.2, 0) is 0 Å². The SMILES string of the molecule is COc1cc(C=NNc2c(Cl)cc(Cl)cc2Cl)ccc1OC(F)F. The van der Waals surface area contributed by atoms with Crippen LogP contribution in [0.15, 0.2) is 35.4 Å². The lowest BCUT2D eigenvalue weighted by atomic mass is 10.2. The van der Waals surface area contributed by atoms with E-state index in [4.69, 9.17) is 39.5 Å². The summed E-state index contributed by atoms with van der Waals surface area (Å²) in [6.07, 6.45) is 1.44. The summed E-state index contributed by atoms with van der Waals surface area (Å²) in [5.41, 5.74) is 3.67. The van der Waals surface area contributed by atoms with Crippen LogP contribution in [0.25, 0.3) is 0 Å². The molecule has 24 heavy (non-hydrogen) atoms. The minimum atomic E-state index is -2.94. The highest BCUT2D eigenvalue weighted by Gasteiger charge is 2.11. The lowest BCUT2D eigenvalue weighted by Crippen LogP contribution is -2.03. The van der Waals surface area contributed by atoms with Gasteiger partial charge in [0, 0.05) is 5.02 Å². The van der Waals surface area contributed by atoms with Crippen LogP contribution >= 0.6 is 34.8 Å². The minimum absolute atomic E-state index is 0.0681. The molecule has 0 amide bonds. The van der Waals surface area contributed by atoms with E-state index in [1.54, 1.807) is 0 Å². The molecule has 4 nitrogen and oxygen atoms in total. The fourth-order valence-corrected chi connectivity index (χ4v) is 2.68. The van der Waals surface area contributed by atoms with Crippen molar-refractivity contribution in [2.24, 2.45) is 5.10 Å². The number of hydrogen-bond acceptors (Lipinski definition) is 4. The number of nitrogens with one attached hydrogen (secondary N) is 1. The summed E-state index contributed by atoms with van der Waals surface area (Å²) in [4.78, 5) is 0. The Hall–Kier alpha value is -1.76. The molecule has 0 saturated heterocycles. The number of ether oxygens (including phenoxy) is 2. The molecule has 2 rings (SSSR count). The first-order chi connectivity index (χ1) is 11.4. The summed E-state index contributed by atoms with van der Waals surface area (Å²) < 4.78 is 33.9. The summed E-state index contributed by atoms with van der Waals surface area (Å²) in [5.74, 6) is 0.0863. The third-order valence-corrected chi connectivity index (χ3v) is 3.61. The Morgan fingerprint density at radius 3 is 2.33 bits per heavy atom. The van der Waals surface area contributed by atoms with Crippen LogP contribution in [0.3, 0.4) is 0 Å². The van der Waals surface area contributed by atoms with Crippen molar-refractivity contribution in [3.05, 3.63) is 51.0 Å². The number of alkyl halides is 2. The van der Waals surface area contributed by atoms with Gasteiger partial charge in [0.1, 0.15) is 0 Å². The Kier molecular flexibility index (Phi) is 6.48. The highest BCUT2D eigenvalue weighted by atomic mass is 35.5. The van der Waals surface area contributed by atoms with E-state index in [1.807, 2.05) is 0 Å². The van der Waals surface area contributed by atoms with Gasteiger partial charge >= 0.3 is 6.61 Å². The number of hydrogen-bond donors (Lipinski definition) is 1. The van der Waals surface area contributed by atoms with Crippen LogP contribution in [0.2, 0.25) is 15.1 Å². The number of rotatable bonds is 6. The Balaban J connectivity index is 2.15. The molecule has 0 unspecified atom stereocenters. The van der Waals surface area contributed by atoms with Crippen molar-refractivity contribution in [2.45, 2.75) is 6.61 Å². The minimum Gasteiger partial charge on any atom is -0.493 e. The molecule has 0 aliphatic carbocycles. The molecule has 0 aromatic heterocycles. The van der Waals surface area contributed by atoms with Crippen LogP contribution < -0.4 is 14.9 Å². The Morgan fingerprint density at radius 1 is 1.08 bits per heavy atom. The van der Waals surface area contributed by atoms with Crippen LogP contribution in [0, 0.1) is 0 Å². The van der Waals surface area contributed by atoms with Gasteiger partial charge in [0.05, 0.1) is 29.1 Å². The van der Waals surface area contributed by atoms with Crippen molar-refractivity contribution < 1.29 is 18.3 Å². The summed E-state index contributed by atoms with van der Waals surface area (Å²) in [6, 6.07) is 7.43. The lowest BCUT2D eigenvalue weighted by molar-refractivity contribution is -0.0512. The quantitative estimate of drug-likeness (QED) is 0.504. The van der Waals surface area contributed by atoms with E-state index in [0.717, 1.165) is 0 Å². The van der Waals surface area contributed by atoms with Gasteiger partial charge in [-0.05, 0) is 35.9 Å². The average Bonchev–Trinajstić information content (AvgIpc) is 2.50. The monoisotopic (exact) mass is 394 g/mol. The molecule has 2 aromatic carbocycles. The van der Waals surface area contributed by atoms with Gasteiger partial charge in [0.25, 0.3) is 0 Å². The number of hydrazone groups is 1. The maximum absolute atomic E-state index is 12.3. The molecule has 0 aliphatic heterocycles. The number of benzene rings is 2. The molecule has 0 aliphatic rings. The average molecular weight is 396 g/mol. The van der Waals surface area contributed by atoms with Crippen molar-refractivity contribution in [3.8, 4) is 11.5 Å². The Labute approximate surface area is 151 Å². The molecule has 0 saturated carbocycles. The fourth-order valence-electron chi connectivity index (χ4n) is 1.78. The van der Waals surface area contributed by atoms with Crippen LogP contribution in [0.1, 0.15) is 5.56 Å². The number of anilines is 1. The van der Waals surface area contributed by atoms with E-state index in [9.17, 15) is 8.78 Å². The first-order valence-corrected chi connectivity index (χ1v) is 7.60. The molecule has 0 atom stereocenters. The molecule has 9 heteroatoms. The predicted octanol–water partition coefficient (Wildman–Crippen LogP) is 5.70. The largest absolute Gasteiger partial charge is 0.493 e. The fraction of sp³-hybridized carbons (Fsp3) is 0.133. The van der Waals surface area contributed by atoms with E-state index in [-0.39, 0.29) is 11.5 Å². The maximum atomic E-state index is 12.3.